The van der Waals surface area contributed by atoms with Crippen molar-refractivity contribution in [1.29, 1.82) is 0 Å². The summed E-state index contributed by atoms with van der Waals surface area (Å²) in [7, 11) is 0. The molecule has 0 saturated carbocycles. The van der Waals surface area contributed by atoms with E-state index in [9.17, 15) is 0 Å². The summed E-state index contributed by atoms with van der Waals surface area (Å²) >= 11 is 0. The normalized spacial score (nSPS) is 11.4. The van der Waals surface area contributed by atoms with Crippen molar-refractivity contribution in [2.45, 2.75) is 0 Å². The molecule has 0 saturated heterocycles. The molecule has 0 fully saturated rings. The average Bonchev–Trinajstić information content (AvgIpc) is 3.82. The van der Waals surface area contributed by atoms with Crippen LogP contribution >= 0.6 is 0 Å². The monoisotopic (exact) mass is 740 g/mol. The van der Waals surface area contributed by atoms with Gasteiger partial charge >= 0.3 is 0 Å². The molecule has 8 aromatic carbocycles. The highest BCUT2D eigenvalue weighted by Crippen LogP contribution is 2.42. The van der Waals surface area contributed by atoms with Crippen molar-refractivity contribution in [3.8, 4) is 73.0 Å². The maximum atomic E-state index is 5.34. The first-order valence-corrected chi connectivity index (χ1v) is 19.7. The van der Waals surface area contributed by atoms with Crippen LogP contribution < -0.4 is 0 Å². The minimum absolute atomic E-state index is 0.682. The molecular weight excluding hydrogens is 705 g/mol. The van der Waals surface area contributed by atoms with Gasteiger partial charge in [-0.1, -0.05) is 164 Å². The molecule has 0 atom stereocenters. The third kappa shape index (κ3) is 5.78. The molecule has 0 bridgehead atoms. The number of aromatic nitrogens is 4. The van der Waals surface area contributed by atoms with Crippen LogP contribution in [0.5, 0.6) is 0 Å². The molecule has 4 heteroatoms. The van der Waals surface area contributed by atoms with E-state index in [2.05, 4.69) is 221 Å². The molecule has 0 aliphatic rings. The van der Waals surface area contributed by atoms with Gasteiger partial charge in [0.2, 0.25) is 0 Å². The van der Waals surface area contributed by atoms with Gasteiger partial charge in [0.05, 0.1) is 27.9 Å². The number of rotatable bonds is 7. The lowest BCUT2D eigenvalue weighted by atomic mass is 9.98. The molecule has 0 aliphatic carbocycles. The van der Waals surface area contributed by atoms with Gasteiger partial charge in [-0.3, -0.25) is 8.97 Å². The predicted octanol–water partition coefficient (Wildman–Crippen LogP) is 13.8. The van der Waals surface area contributed by atoms with E-state index in [-0.39, 0.29) is 0 Å². The number of hydrogen-bond donors (Lipinski definition) is 0. The van der Waals surface area contributed by atoms with Crippen molar-refractivity contribution >= 4 is 27.6 Å². The largest absolute Gasteiger partial charge is 0.293 e. The van der Waals surface area contributed by atoms with Gasteiger partial charge in [-0.25, -0.2) is 9.97 Å². The smallest absolute Gasteiger partial charge is 0.160 e. The van der Waals surface area contributed by atoms with Crippen LogP contribution in [0.1, 0.15) is 0 Å². The summed E-state index contributed by atoms with van der Waals surface area (Å²) in [5, 5.41) is 1.20. The fourth-order valence-electron chi connectivity index (χ4n) is 8.42. The Balaban J connectivity index is 1.13. The third-order valence-corrected chi connectivity index (χ3v) is 11.1. The third-order valence-electron chi connectivity index (χ3n) is 11.1. The van der Waals surface area contributed by atoms with Crippen LogP contribution in [0.4, 0.5) is 0 Å². The van der Waals surface area contributed by atoms with Crippen LogP contribution in [0.15, 0.2) is 218 Å². The molecule has 0 spiro atoms. The van der Waals surface area contributed by atoms with Crippen molar-refractivity contribution in [2.24, 2.45) is 0 Å². The standard InChI is InChI=1S/C54H36N4/c1-4-17-37(18-5-1)39-21-14-23-41(33-39)47-36-48(56-53(55-47)44-26-15-22-40(34-44)38-19-6-2-7-20-38)42-24-16-25-43(35-42)52-46-29-10-11-30-49(46)58-51-32-13-12-31-50(51)57(54(52)58)45-27-8-3-9-28-45/h1-36H. The molecule has 3 aromatic heterocycles. The van der Waals surface area contributed by atoms with Crippen molar-refractivity contribution < 1.29 is 0 Å². The summed E-state index contributed by atoms with van der Waals surface area (Å²) in [6, 6.07) is 77.3. The minimum atomic E-state index is 0.682. The van der Waals surface area contributed by atoms with E-state index in [1.807, 2.05) is 6.07 Å². The number of benzene rings is 8. The highest BCUT2D eigenvalue weighted by Gasteiger charge is 2.23. The highest BCUT2D eigenvalue weighted by molar-refractivity contribution is 6.09. The van der Waals surface area contributed by atoms with Crippen molar-refractivity contribution in [1.82, 2.24) is 18.9 Å². The molecule has 11 aromatic rings. The van der Waals surface area contributed by atoms with Crippen molar-refractivity contribution in [2.75, 3.05) is 0 Å². The number of fused-ring (bicyclic) bond motifs is 5. The Morgan fingerprint density at radius 3 is 1.40 bits per heavy atom. The Morgan fingerprint density at radius 1 is 0.310 bits per heavy atom. The second-order valence-corrected chi connectivity index (χ2v) is 14.6. The van der Waals surface area contributed by atoms with Gasteiger partial charge in [0, 0.05) is 33.3 Å². The molecule has 58 heavy (non-hydrogen) atoms. The molecule has 4 nitrogen and oxygen atoms in total. The molecule has 0 N–H and O–H groups in total. The average molecular weight is 741 g/mol. The summed E-state index contributed by atoms with van der Waals surface area (Å²) < 4.78 is 4.82. The number of hydrogen-bond acceptors (Lipinski definition) is 2. The van der Waals surface area contributed by atoms with Crippen LogP contribution in [-0.2, 0) is 0 Å². The Morgan fingerprint density at radius 2 is 0.759 bits per heavy atom. The highest BCUT2D eigenvalue weighted by atomic mass is 15.1. The van der Waals surface area contributed by atoms with E-state index < -0.39 is 0 Å². The molecule has 11 rings (SSSR count). The topological polar surface area (TPSA) is 35.1 Å². The lowest BCUT2D eigenvalue weighted by Crippen LogP contribution is -1.97. The van der Waals surface area contributed by atoms with E-state index in [4.69, 9.17) is 9.97 Å². The summed E-state index contributed by atoms with van der Waals surface area (Å²) in [6.07, 6.45) is 0. The fourth-order valence-corrected chi connectivity index (χ4v) is 8.42. The molecule has 0 amide bonds. The second-order valence-electron chi connectivity index (χ2n) is 14.6. The van der Waals surface area contributed by atoms with Crippen molar-refractivity contribution in [3.05, 3.63) is 218 Å². The maximum Gasteiger partial charge on any atom is 0.160 e. The fraction of sp³-hybridized carbons (Fsp3) is 0. The first-order chi connectivity index (χ1) is 28.8. The number of nitrogens with zero attached hydrogens (tertiary/aromatic N) is 4. The molecule has 0 radical (unpaired) electrons. The van der Waals surface area contributed by atoms with Gasteiger partial charge in [-0.05, 0) is 82.4 Å². The van der Waals surface area contributed by atoms with Crippen LogP contribution in [0.25, 0.3) is 101 Å². The maximum absolute atomic E-state index is 5.34. The molecular formula is C54H36N4. The Labute approximate surface area is 336 Å². The van der Waals surface area contributed by atoms with E-state index in [0.29, 0.717) is 5.82 Å². The van der Waals surface area contributed by atoms with Gasteiger partial charge in [0.25, 0.3) is 0 Å². The predicted molar refractivity (Wildman–Crippen MR) is 240 cm³/mol. The first kappa shape index (κ1) is 33.5. The number of imidazole rings is 1. The SMILES string of the molecule is c1ccc(-c2cccc(-c3cc(-c4cccc(-c5c6ccccc6n6c7ccccc7n(-c7ccccc7)c56)c4)nc(-c4cccc(-c5ccccc5)c4)n3)c2)cc1. The van der Waals surface area contributed by atoms with Crippen LogP contribution in [0, 0.1) is 0 Å². The van der Waals surface area contributed by atoms with Gasteiger partial charge in [0.1, 0.15) is 5.65 Å². The van der Waals surface area contributed by atoms with Crippen LogP contribution in [-0.4, -0.2) is 18.9 Å². The van der Waals surface area contributed by atoms with Gasteiger partial charge < -0.3 is 0 Å². The summed E-state index contributed by atoms with van der Waals surface area (Å²) in [5.41, 5.74) is 17.4. The van der Waals surface area contributed by atoms with Gasteiger partial charge in [0.15, 0.2) is 5.82 Å². The van der Waals surface area contributed by atoms with E-state index in [1.165, 1.54) is 27.5 Å². The lowest BCUT2D eigenvalue weighted by Gasteiger charge is -2.13. The zero-order chi connectivity index (χ0) is 38.4. The van der Waals surface area contributed by atoms with Gasteiger partial charge in [-0.2, -0.15) is 0 Å². The quantitative estimate of drug-likeness (QED) is 0.163. The molecule has 272 valence electrons. The molecule has 0 unspecified atom stereocenters. The summed E-state index contributed by atoms with van der Waals surface area (Å²) in [4.78, 5) is 10.6. The molecule has 3 heterocycles. The zero-order valence-corrected chi connectivity index (χ0v) is 31.6. The Bertz CT molecular complexity index is 3170. The Hall–Kier alpha value is -7.82. The van der Waals surface area contributed by atoms with Crippen molar-refractivity contribution in [3.63, 3.8) is 0 Å². The van der Waals surface area contributed by atoms with E-state index in [1.54, 1.807) is 0 Å². The minimum Gasteiger partial charge on any atom is -0.293 e. The first-order valence-electron chi connectivity index (χ1n) is 19.7. The Kier molecular flexibility index (Phi) is 8.11. The zero-order valence-electron chi connectivity index (χ0n) is 31.6. The second kappa shape index (κ2) is 14.0. The lowest BCUT2D eigenvalue weighted by molar-refractivity contribution is 1.15. The van der Waals surface area contributed by atoms with Crippen LogP contribution in [0.2, 0.25) is 0 Å². The summed E-state index contributed by atoms with van der Waals surface area (Å²) in [6.45, 7) is 0. The summed E-state index contributed by atoms with van der Waals surface area (Å²) in [5.74, 6) is 0.682. The molecule has 0 aliphatic heterocycles. The van der Waals surface area contributed by atoms with Gasteiger partial charge in [-0.15, -0.1) is 0 Å². The number of para-hydroxylation sites is 4. The van der Waals surface area contributed by atoms with E-state index >= 15 is 0 Å². The van der Waals surface area contributed by atoms with Crippen LogP contribution in [0.3, 0.4) is 0 Å². The van der Waals surface area contributed by atoms with E-state index in [0.717, 1.165) is 67.2 Å².